The number of quaternary nitrogens is 2. The average Bonchev–Trinajstić information content (AvgIpc) is 2.61. The molecule has 4 rings (SSSR count). The van der Waals surface area contributed by atoms with Gasteiger partial charge in [-0.2, -0.15) is 0 Å². The van der Waals surface area contributed by atoms with Gasteiger partial charge in [-0.3, -0.25) is 0 Å². The molecular weight excluding hydrogens is 308 g/mol. The van der Waals surface area contributed by atoms with Crippen LogP contribution >= 0.6 is 12.2 Å². The molecule has 4 fully saturated rings. The fraction of sp³-hybridized carbons (Fsp3) is 0.824. The first-order chi connectivity index (χ1) is 11.3. The maximum absolute atomic E-state index is 5.65. The van der Waals surface area contributed by atoms with Gasteiger partial charge in [0.15, 0.2) is 5.11 Å². The van der Waals surface area contributed by atoms with Gasteiger partial charge in [-0.15, -0.1) is 6.42 Å². The Labute approximate surface area is 145 Å². The molecular formula is C17H30N4OS+2. The van der Waals surface area contributed by atoms with E-state index in [4.69, 9.17) is 23.4 Å². The van der Waals surface area contributed by atoms with E-state index in [2.05, 4.69) is 16.6 Å². The van der Waals surface area contributed by atoms with Gasteiger partial charge in [0.05, 0.1) is 51.9 Å². The van der Waals surface area contributed by atoms with Crippen molar-refractivity contribution >= 4 is 17.3 Å². The first kappa shape index (κ1) is 17.0. The predicted octanol–water partition coefficient (Wildman–Crippen LogP) is -2.71. The number of terminal acetylenes is 1. The van der Waals surface area contributed by atoms with Crippen LogP contribution in [0.2, 0.25) is 0 Å². The van der Waals surface area contributed by atoms with Crippen LogP contribution in [0.1, 0.15) is 12.8 Å². The minimum absolute atomic E-state index is 0.497. The van der Waals surface area contributed by atoms with Crippen molar-refractivity contribution in [3.05, 3.63) is 0 Å². The molecule has 2 bridgehead atoms. The topological polar surface area (TPSA) is 42.2 Å². The first-order valence-corrected chi connectivity index (χ1v) is 9.41. The highest BCUT2D eigenvalue weighted by Gasteiger charge is 2.42. The van der Waals surface area contributed by atoms with Crippen molar-refractivity contribution in [2.24, 2.45) is 11.8 Å². The fourth-order valence-corrected chi connectivity index (χ4v) is 4.46. The zero-order valence-corrected chi connectivity index (χ0v) is 14.7. The Morgan fingerprint density at radius 1 is 1.26 bits per heavy atom. The molecule has 0 aliphatic carbocycles. The zero-order valence-electron chi connectivity index (χ0n) is 13.9. The van der Waals surface area contributed by atoms with Crippen molar-refractivity contribution in [3.8, 4) is 12.3 Å². The van der Waals surface area contributed by atoms with Crippen LogP contribution in [0.15, 0.2) is 0 Å². The average molecular weight is 339 g/mol. The van der Waals surface area contributed by atoms with Crippen molar-refractivity contribution in [3.63, 3.8) is 0 Å². The molecule has 4 saturated heterocycles. The quantitative estimate of drug-likeness (QED) is 0.325. The summed E-state index contributed by atoms with van der Waals surface area (Å²) >= 11 is 5.42. The SMILES string of the molecule is C#C[C@H]1C[NH+]2CC[C@@H]1C[C@@H]2CNC(=S)NCC[NH+]1CCOCC1. The summed E-state index contributed by atoms with van der Waals surface area (Å²) in [5.74, 6) is 4.22. The van der Waals surface area contributed by atoms with E-state index in [9.17, 15) is 0 Å². The van der Waals surface area contributed by atoms with Crippen molar-refractivity contribution in [2.45, 2.75) is 18.9 Å². The molecule has 0 radical (unpaired) electrons. The number of fused-ring (bicyclic) bond motifs is 3. The number of morpholine rings is 1. The Morgan fingerprint density at radius 3 is 2.78 bits per heavy atom. The van der Waals surface area contributed by atoms with E-state index in [0.717, 1.165) is 63.5 Å². The van der Waals surface area contributed by atoms with E-state index >= 15 is 0 Å². The van der Waals surface area contributed by atoms with E-state index in [1.165, 1.54) is 19.4 Å². The number of piperidine rings is 3. The number of hydrogen-bond donors (Lipinski definition) is 4. The Kier molecular flexibility index (Phi) is 6.12. The Morgan fingerprint density at radius 2 is 2.09 bits per heavy atom. The first-order valence-electron chi connectivity index (χ1n) is 9.00. The highest BCUT2D eigenvalue weighted by Crippen LogP contribution is 2.25. The molecule has 0 saturated carbocycles. The van der Waals surface area contributed by atoms with Gasteiger partial charge in [-0.05, 0) is 18.1 Å². The normalized spacial score (nSPS) is 33.9. The van der Waals surface area contributed by atoms with Gasteiger partial charge in [-0.1, -0.05) is 5.92 Å². The van der Waals surface area contributed by atoms with E-state index in [1.807, 2.05) is 0 Å². The van der Waals surface area contributed by atoms with Crippen LogP contribution in [0.25, 0.3) is 0 Å². The molecule has 5 nitrogen and oxygen atoms in total. The monoisotopic (exact) mass is 338 g/mol. The predicted molar refractivity (Wildman–Crippen MR) is 94.5 cm³/mol. The second kappa shape index (κ2) is 8.29. The molecule has 0 amide bonds. The third kappa shape index (κ3) is 4.57. The maximum Gasteiger partial charge on any atom is 0.166 e. The van der Waals surface area contributed by atoms with Gasteiger partial charge < -0.3 is 25.2 Å². The van der Waals surface area contributed by atoms with E-state index in [0.29, 0.717) is 12.0 Å². The lowest BCUT2D eigenvalue weighted by Gasteiger charge is -2.45. The van der Waals surface area contributed by atoms with Gasteiger partial charge in [0.25, 0.3) is 0 Å². The summed E-state index contributed by atoms with van der Waals surface area (Å²) < 4.78 is 5.38. The number of hydrogen-bond acceptors (Lipinski definition) is 2. The minimum Gasteiger partial charge on any atom is -0.370 e. The standard InChI is InChI=1S/C17H28N4OS/c1-2-14-13-21-5-3-15(14)11-16(21)12-19-17(23)18-4-6-20-7-9-22-10-8-20/h1,14-16H,3-13H2,(H2,18,19,23)/p+2/t14-,15+,16+/m0/s1. The number of nitrogens with one attached hydrogen (secondary N) is 4. The number of rotatable bonds is 5. The lowest BCUT2D eigenvalue weighted by molar-refractivity contribution is -0.943. The number of thiocarbonyl (C=S) groups is 1. The molecule has 6 heteroatoms. The third-order valence-electron chi connectivity index (χ3n) is 5.74. The van der Waals surface area contributed by atoms with Crippen molar-refractivity contribution in [2.75, 3.05) is 59.0 Å². The highest BCUT2D eigenvalue weighted by molar-refractivity contribution is 7.80. The van der Waals surface area contributed by atoms with Gasteiger partial charge in [0.1, 0.15) is 19.1 Å². The smallest absolute Gasteiger partial charge is 0.166 e. The van der Waals surface area contributed by atoms with Gasteiger partial charge in [0, 0.05) is 12.8 Å². The van der Waals surface area contributed by atoms with Gasteiger partial charge in [0.2, 0.25) is 0 Å². The number of ether oxygens (including phenoxy) is 1. The van der Waals surface area contributed by atoms with Crippen LogP contribution in [0.4, 0.5) is 0 Å². The van der Waals surface area contributed by atoms with E-state index < -0.39 is 0 Å². The van der Waals surface area contributed by atoms with Gasteiger partial charge in [-0.25, -0.2) is 0 Å². The fourth-order valence-electron chi connectivity index (χ4n) is 4.27. The molecule has 1 unspecified atom stereocenters. The van der Waals surface area contributed by atoms with E-state index in [-0.39, 0.29) is 0 Å². The minimum atomic E-state index is 0.497. The van der Waals surface area contributed by atoms with Crippen molar-refractivity contribution in [1.82, 2.24) is 10.6 Å². The summed E-state index contributed by atoms with van der Waals surface area (Å²) in [5.41, 5.74) is 0. The lowest BCUT2D eigenvalue weighted by Crippen LogP contribution is -3.20. The second-order valence-electron chi connectivity index (χ2n) is 7.12. The maximum atomic E-state index is 5.65. The molecule has 0 aromatic rings. The summed E-state index contributed by atoms with van der Waals surface area (Å²) in [4.78, 5) is 3.27. The Hall–Kier alpha value is -0.870. The van der Waals surface area contributed by atoms with Crippen LogP contribution in [-0.4, -0.2) is 70.2 Å². The molecule has 0 spiro atoms. The summed E-state index contributed by atoms with van der Waals surface area (Å²) in [7, 11) is 0. The third-order valence-corrected chi connectivity index (χ3v) is 6.03. The Balaban J connectivity index is 1.31. The molecule has 4 atom stereocenters. The van der Waals surface area contributed by atoms with Crippen LogP contribution in [0, 0.1) is 24.2 Å². The lowest BCUT2D eigenvalue weighted by atomic mass is 9.76. The summed E-state index contributed by atoms with van der Waals surface area (Å²) in [6.45, 7) is 9.43. The van der Waals surface area contributed by atoms with Crippen LogP contribution in [0.3, 0.4) is 0 Å². The molecule has 128 valence electrons. The molecule has 0 aromatic heterocycles. The highest BCUT2D eigenvalue weighted by atomic mass is 32.1. The molecule has 4 N–H and O–H groups in total. The van der Waals surface area contributed by atoms with Crippen molar-refractivity contribution in [1.29, 1.82) is 0 Å². The summed E-state index contributed by atoms with van der Waals surface area (Å²) in [5, 5.41) is 7.57. The second-order valence-corrected chi connectivity index (χ2v) is 7.52. The molecule has 0 aromatic carbocycles. The molecule has 4 aliphatic rings. The van der Waals surface area contributed by atoms with Gasteiger partial charge >= 0.3 is 0 Å². The molecule has 4 aliphatic heterocycles. The molecule has 4 heterocycles. The van der Waals surface area contributed by atoms with E-state index in [1.54, 1.807) is 9.80 Å². The van der Waals surface area contributed by atoms with Crippen LogP contribution in [-0.2, 0) is 4.74 Å². The molecule has 23 heavy (non-hydrogen) atoms. The van der Waals surface area contributed by atoms with Crippen LogP contribution in [0.5, 0.6) is 0 Å². The van der Waals surface area contributed by atoms with Crippen molar-refractivity contribution < 1.29 is 14.5 Å². The van der Waals surface area contributed by atoms with Crippen LogP contribution < -0.4 is 20.4 Å². The summed E-state index contributed by atoms with van der Waals surface area (Å²) in [6, 6.07) is 0.669. The summed E-state index contributed by atoms with van der Waals surface area (Å²) in [6.07, 6.45) is 8.20. The zero-order chi connectivity index (χ0) is 16.1. The Bertz CT molecular complexity index is 446. The largest absolute Gasteiger partial charge is 0.370 e.